The number of rotatable bonds is 5. The van der Waals surface area contributed by atoms with Crippen molar-refractivity contribution in [3.8, 4) is 0 Å². The smallest absolute Gasteiger partial charge is 0.274 e. The minimum Gasteiger partial charge on any atom is -0.365 e. The van der Waals surface area contributed by atoms with Gasteiger partial charge in [0.05, 0.1) is 31.7 Å². The molecule has 0 aliphatic carbocycles. The number of carbonyl (C=O) groups is 2. The zero-order valence-corrected chi connectivity index (χ0v) is 17.4. The third-order valence-corrected chi connectivity index (χ3v) is 5.97. The number of alkyl halides is 2. The number of hydrogen-bond acceptors (Lipinski definition) is 4. The van der Waals surface area contributed by atoms with Crippen LogP contribution in [-0.4, -0.2) is 52.3 Å². The summed E-state index contributed by atoms with van der Waals surface area (Å²) < 4.78 is 32.5. The predicted octanol–water partition coefficient (Wildman–Crippen LogP) is 2.70. The van der Waals surface area contributed by atoms with Gasteiger partial charge in [-0.3, -0.25) is 9.59 Å². The van der Waals surface area contributed by atoms with Gasteiger partial charge in [-0.15, -0.1) is 0 Å². The van der Waals surface area contributed by atoms with E-state index in [1.807, 2.05) is 11.5 Å². The lowest BCUT2D eigenvalue weighted by atomic mass is 9.95. The number of piperidine rings is 1. The van der Waals surface area contributed by atoms with E-state index in [9.17, 15) is 18.4 Å². The van der Waals surface area contributed by atoms with Crippen LogP contribution < -0.4 is 5.32 Å². The highest BCUT2D eigenvalue weighted by molar-refractivity contribution is 5.93. The Hall–Kier alpha value is -2.81. The first kappa shape index (κ1) is 21.4. The molecule has 0 spiro atoms. The lowest BCUT2D eigenvalue weighted by molar-refractivity contribution is -0.126. The average Bonchev–Trinajstić information content (AvgIpc) is 3.21. The third kappa shape index (κ3) is 4.76. The Morgan fingerprint density at radius 2 is 1.94 bits per heavy atom. The van der Waals surface area contributed by atoms with Gasteiger partial charge in [-0.2, -0.15) is 0 Å². The van der Waals surface area contributed by atoms with Gasteiger partial charge in [0.15, 0.2) is 5.69 Å². The largest absolute Gasteiger partial charge is 0.365 e. The number of nitrogens with one attached hydrogen (secondary N) is 1. The van der Waals surface area contributed by atoms with Crippen LogP contribution in [0.2, 0.25) is 0 Å². The summed E-state index contributed by atoms with van der Waals surface area (Å²) in [5, 5.41) is 2.26. The van der Waals surface area contributed by atoms with E-state index in [1.165, 1.54) is 5.56 Å². The topological polar surface area (TPSA) is 76.5 Å². The number of imidazole rings is 1. The average molecular weight is 432 g/mol. The summed E-state index contributed by atoms with van der Waals surface area (Å²) in [6.45, 7) is 3.07. The SMILES string of the molecule is Cc1ccc([C@H]2Cn3cnc(C(=O)N4CCC(C(=O)NCC(F)F)CC4)c3CO2)cc1. The number of benzene rings is 1. The van der Waals surface area contributed by atoms with Crippen molar-refractivity contribution in [2.75, 3.05) is 19.6 Å². The van der Waals surface area contributed by atoms with Crippen molar-refractivity contribution in [1.29, 1.82) is 0 Å². The summed E-state index contributed by atoms with van der Waals surface area (Å²) in [5.41, 5.74) is 3.41. The van der Waals surface area contributed by atoms with Gasteiger partial charge in [0.25, 0.3) is 12.3 Å². The van der Waals surface area contributed by atoms with Crippen LogP contribution in [0.5, 0.6) is 0 Å². The van der Waals surface area contributed by atoms with Crippen LogP contribution in [0.15, 0.2) is 30.6 Å². The highest BCUT2D eigenvalue weighted by Crippen LogP contribution is 2.29. The van der Waals surface area contributed by atoms with Crippen LogP contribution >= 0.6 is 0 Å². The predicted molar refractivity (Wildman–Crippen MR) is 109 cm³/mol. The van der Waals surface area contributed by atoms with Crippen molar-refractivity contribution >= 4 is 11.8 Å². The molecule has 1 N–H and O–H groups in total. The highest BCUT2D eigenvalue weighted by Gasteiger charge is 2.32. The van der Waals surface area contributed by atoms with Gasteiger partial charge in [0.1, 0.15) is 6.10 Å². The first-order valence-corrected chi connectivity index (χ1v) is 10.5. The molecule has 2 aliphatic rings. The maximum Gasteiger partial charge on any atom is 0.274 e. The van der Waals surface area contributed by atoms with Crippen molar-refractivity contribution < 1.29 is 23.1 Å². The molecule has 2 amide bonds. The van der Waals surface area contributed by atoms with E-state index >= 15 is 0 Å². The number of hydrogen-bond donors (Lipinski definition) is 1. The molecular formula is C22H26F2N4O3. The van der Waals surface area contributed by atoms with E-state index in [-0.39, 0.29) is 23.8 Å². The molecule has 1 aromatic heterocycles. The Morgan fingerprint density at radius 3 is 2.61 bits per heavy atom. The summed E-state index contributed by atoms with van der Waals surface area (Å²) in [4.78, 5) is 31.0. The van der Waals surface area contributed by atoms with Gasteiger partial charge in [0.2, 0.25) is 5.91 Å². The van der Waals surface area contributed by atoms with Crippen LogP contribution in [0.1, 0.15) is 46.3 Å². The monoisotopic (exact) mass is 432 g/mol. The van der Waals surface area contributed by atoms with Gasteiger partial charge in [-0.25, -0.2) is 13.8 Å². The van der Waals surface area contributed by atoms with Gasteiger partial charge >= 0.3 is 0 Å². The van der Waals surface area contributed by atoms with E-state index in [2.05, 4.69) is 34.6 Å². The van der Waals surface area contributed by atoms with Crippen LogP contribution in [-0.2, 0) is 22.7 Å². The molecule has 0 radical (unpaired) electrons. The summed E-state index contributed by atoms with van der Waals surface area (Å²) >= 11 is 0. The molecule has 9 heteroatoms. The number of carbonyl (C=O) groups excluding carboxylic acids is 2. The van der Waals surface area contributed by atoms with Crippen LogP contribution in [0.3, 0.4) is 0 Å². The quantitative estimate of drug-likeness (QED) is 0.788. The number of aryl methyl sites for hydroxylation is 1. The number of ether oxygens (including phenoxy) is 1. The number of nitrogens with zero attached hydrogens (tertiary/aromatic N) is 3. The molecule has 166 valence electrons. The molecule has 0 unspecified atom stereocenters. The molecule has 3 heterocycles. The zero-order chi connectivity index (χ0) is 22.0. The van der Waals surface area contributed by atoms with Crippen molar-refractivity contribution in [2.45, 2.75) is 45.4 Å². The summed E-state index contributed by atoms with van der Waals surface area (Å²) in [6.07, 6.45) is -0.0824. The van der Waals surface area contributed by atoms with Gasteiger partial charge < -0.3 is 19.5 Å². The molecule has 0 bridgehead atoms. The molecule has 1 saturated heterocycles. The molecule has 2 aromatic rings. The number of likely N-dealkylation sites (tertiary alicyclic amines) is 1. The van der Waals surface area contributed by atoms with Crippen LogP contribution in [0.4, 0.5) is 8.78 Å². The summed E-state index contributed by atoms with van der Waals surface area (Å²) in [6, 6.07) is 8.20. The normalized spacial score (nSPS) is 19.4. The molecule has 7 nitrogen and oxygen atoms in total. The number of halogens is 2. The fourth-order valence-electron chi connectivity index (χ4n) is 4.11. The van der Waals surface area contributed by atoms with Gasteiger partial charge in [-0.05, 0) is 25.3 Å². The first-order valence-electron chi connectivity index (χ1n) is 10.5. The van der Waals surface area contributed by atoms with Crippen LogP contribution in [0, 0.1) is 12.8 Å². The van der Waals surface area contributed by atoms with Crippen molar-refractivity contribution in [1.82, 2.24) is 19.8 Å². The fourth-order valence-corrected chi connectivity index (χ4v) is 4.11. The molecular weight excluding hydrogens is 406 g/mol. The van der Waals surface area contributed by atoms with Gasteiger partial charge in [-0.1, -0.05) is 29.8 Å². The molecule has 2 aliphatic heterocycles. The lowest BCUT2D eigenvalue weighted by Crippen LogP contribution is -2.44. The Balaban J connectivity index is 1.36. The maximum atomic E-state index is 13.0. The van der Waals surface area contributed by atoms with Crippen molar-refractivity contribution in [2.24, 2.45) is 5.92 Å². The van der Waals surface area contributed by atoms with E-state index in [0.717, 1.165) is 11.3 Å². The lowest BCUT2D eigenvalue weighted by Gasteiger charge is -2.31. The van der Waals surface area contributed by atoms with E-state index < -0.39 is 13.0 Å². The summed E-state index contributed by atoms with van der Waals surface area (Å²) in [7, 11) is 0. The molecule has 4 rings (SSSR count). The van der Waals surface area contributed by atoms with Crippen LogP contribution in [0.25, 0.3) is 0 Å². The molecule has 1 fully saturated rings. The van der Waals surface area contributed by atoms with E-state index in [0.29, 0.717) is 44.8 Å². The van der Waals surface area contributed by atoms with E-state index in [1.54, 1.807) is 11.2 Å². The Morgan fingerprint density at radius 1 is 1.23 bits per heavy atom. The second-order valence-corrected chi connectivity index (χ2v) is 8.11. The summed E-state index contributed by atoms with van der Waals surface area (Å²) in [5.74, 6) is -0.905. The minimum absolute atomic E-state index is 0.0900. The minimum atomic E-state index is -2.56. The molecule has 1 aromatic carbocycles. The highest BCUT2D eigenvalue weighted by atomic mass is 19.3. The Bertz CT molecular complexity index is 937. The standard InChI is InChI=1S/C22H26F2N4O3/c1-14-2-4-15(5-3-14)18-11-28-13-26-20(17(28)12-31-18)22(30)27-8-6-16(7-9-27)21(29)25-10-19(23)24/h2-5,13,16,18-19H,6-12H2,1H3,(H,25,29)/t18-/m1/s1. The van der Waals surface area contributed by atoms with Crippen molar-refractivity contribution in [3.63, 3.8) is 0 Å². The number of fused-ring (bicyclic) bond motifs is 1. The molecule has 0 saturated carbocycles. The third-order valence-electron chi connectivity index (χ3n) is 5.97. The second kappa shape index (κ2) is 9.13. The van der Waals surface area contributed by atoms with E-state index in [4.69, 9.17) is 4.74 Å². The number of aromatic nitrogens is 2. The van der Waals surface area contributed by atoms with Crippen molar-refractivity contribution in [3.05, 3.63) is 53.1 Å². The second-order valence-electron chi connectivity index (χ2n) is 8.11. The fraction of sp³-hybridized carbons (Fsp3) is 0.500. The zero-order valence-electron chi connectivity index (χ0n) is 17.4. The number of amides is 2. The van der Waals surface area contributed by atoms with Gasteiger partial charge in [0, 0.05) is 19.0 Å². The molecule has 31 heavy (non-hydrogen) atoms. The first-order chi connectivity index (χ1) is 14.9. The Kier molecular flexibility index (Phi) is 6.31. The Labute approximate surface area is 179 Å². The maximum absolute atomic E-state index is 13.0. The molecule has 1 atom stereocenters.